The maximum Gasteiger partial charge on any atom is 0.198 e. The van der Waals surface area contributed by atoms with Crippen molar-refractivity contribution in [3.63, 3.8) is 0 Å². The summed E-state index contributed by atoms with van der Waals surface area (Å²) in [6, 6.07) is 6.95. The molecular formula is C20H20O5S. The SMILES string of the molecule is COc1cc(C(=O)c2c(SC)oc3c(O)c(C)ccc23)cc(OC)c1C. The predicted molar refractivity (Wildman–Crippen MR) is 102 cm³/mol. The van der Waals surface area contributed by atoms with Crippen LogP contribution in [0.5, 0.6) is 17.2 Å². The molecule has 0 fully saturated rings. The fraction of sp³-hybridized carbons (Fsp3) is 0.250. The number of ketones is 1. The van der Waals surface area contributed by atoms with Crippen molar-refractivity contribution in [1.82, 2.24) is 0 Å². The standard InChI is InChI=1S/C20H20O5S/c1-10-6-7-13-16(20(26-5)25-19(13)17(10)21)18(22)12-8-14(23-3)11(2)15(9-12)24-4/h6-9,21H,1-5H3. The first-order chi connectivity index (χ1) is 12.4. The average molecular weight is 372 g/mol. The van der Waals surface area contributed by atoms with Crippen LogP contribution in [-0.2, 0) is 0 Å². The predicted octanol–water partition coefficient (Wildman–Crippen LogP) is 4.73. The Labute approximate surface area is 155 Å². The van der Waals surface area contributed by atoms with Gasteiger partial charge in [-0.15, -0.1) is 0 Å². The van der Waals surface area contributed by atoms with Gasteiger partial charge in [-0.05, 0) is 43.9 Å². The Kier molecular flexibility index (Phi) is 4.87. The third-order valence-corrected chi connectivity index (χ3v) is 5.09. The second-order valence-corrected chi connectivity index (χ2v) is 6.69. The van der Waals surface area contributed by atoms with E-state index < -0.39 is 0 Å². The number of aryl methyl sites for hydroxylation is 1. The van der Waals surface area contributed by atoms with Crippen LogP contribution in [-0.4, -0.2) is 31.4 Å². The molecule has 3 rings (SSSR count). The number of aromatic hydroxyl groups is 1. The third kappa shape index (κ3) is 2.80. The summed E-state index contributed by atoms with van der Waals surface area (Å²) in [7, 11) is 3.11. The van der Waals surface area contributed by atoms with E-state index in [1.807, 2.05) is 13.2 Å². The largest absolute Gasteiger partial charge is 0.504 e. The number of hydrogen-bond donors (Lipinski definition) is 1. The van der Waals surface area contributed by atoms with Gasteiger partial charge in [0.1, 0.15) is 11.5 Å². The first kappa shape index (κ1) is 18.2. The number of furan rings is 1. The molecule has 0 spiro atoms. The van der Waals surface area contributed by atoms with E-state index in [-0.39, 0.29) is 11.5 Å². The smallest absolute Gasteiger partial charge is 0.198 e. The average Bonchev–Trinajstić information content (AvgIpc) is 3.03. The molecule has 0 aliphatic rings. The number of thioether (sulfide) groups is 1. The molecule has 3 aromatic rings. The second-order valence-electron chi connectivity index (χ2n) is 5.91. The molecule has 26 heavy (non-hydrogen) atoms. The number of fused-ring (bicyclic) bond motifs is 1. The fourth-order valence-corrected chi connectivity index (χ4v) is 3.52. The van der Waals surface area contributed by atoms with Gasteiger partial charge in [0.25, 0.3) is 0 Å². The molecule has 1 aromatic heterocycles. The monoisotopic (exact) mass is 372 g/mol. The number of hydrogen-bond acceptors (Lipinski definition) is 6. The summed E-state index contributed by atoms with van der Waals surface area (Å²) in [5, 5.41) is 11.3. The lowest BCUT2D eigenvalue weighted by Gasteiger charge is -2.12. The van der Waals surface area contributed by atoms with Gasteiger partial charge in [0.05, 0.1) is 19.8 Å². The van der Waals surface area contributed by atoms with Gasteiger partial charge in [-0.25, -0.2) is 0 Å². The molecule has 5 nitrogen and oxygen atoms in total. The van der Waals surface area contributed by atoms with Crippen LogP contribution in [0.15, 0.2) is 33.8 Å². The molecule has 2 aromatic carbocycles. The summed E-state index contributed by atoms with van der Waals surface area (Å²) in [6.45, 7) is 3.65. The Hall–Kier alpha value is -2.60. The molecule has 0 unspecified atom stereocenters. The molecule has 6 heteroatoms. The molecule has 1 N–H and O–H groups in total. The molecule has 0 aliphatic carbocycles. The maximum atomic E-state index is 13.3. The number of phenolic OH excluding ortho intramolecular Hbond substituents is 1. The zero-order valence-corrected chi connectivity index (χ0v) is 16.1. The Morgan fingerprint density at radius 3 is 2.27 bits per heavy atom. The molecule has 0 radical (unpaired) electrons. The van der Waals surface area contributed by atoms with Crippen molar-refractivity contribution in [3.05, 3.63) is 46.5 Å². The second kappa shape index (κ2) is 6.96. The molecule has 136 valence electrons. The summed E-state index contributed by atoms with van der Waals surface area (Å²) in [6.07, 6.45) is 1.83. The first-order valence-corrected chi connectivity index (χ1v) is 9.21. The van der Waals surface area contributed by atoms with Crippen LogP contribution in [0.3, 0.4) is 0 Å². The van der Waals surface area contributed by atoms with Crippen molar-refractivity contribution in [3.8, 4) is 17.2 Å². The van der Waals surface area contributed by atoms with Crippen molar-refractivity contribution >= 4 is 28.5 Å². The lowest BCUT2D eigenvalue weighted by molar-refractivity contribution is 0.103. The maximum absolute atomic E-state index is 13.3. The van der Waals surface area contributed by atoms with Crippen LogP contribution in [0.1, 0.15) is 27.0 Å². The van der Waals surface area contributed by atoms with Crippen LogP contribution < -0.4 is 9.47 Å². The number of phenols is 1. The highest BCUT2D eigenvalue weighted by atomic mass is 32.2. The van der Waals surface area contributed by atoms with Gasteiger partial charge < -0.3 is 19.0 Å². The molecule has 1 heterocycles. The van der Waals surface area contributed by atoms with Crippen LogP contribution in [0.2, 0.25) is 0 Å². The summed E-state index contributed by atoms with van der Waals surface area (Å²) in [5.74, 6) is 0.985. The topological polar surface area (TPSA) is 68.9 Å². The van der Waals surface area contributed by atoms with Crippen molar-refractivity contribution in [1.29, 1.82) is 0 Å². The van der Waals surface area contributed by atoms with Crippen molar-refractivity contribution in [2.24, 2.45) is 0 Å². The summed E-state index contributed by atoms with van der Waals surface area (Å²) in [4.78, 5) is 13.3. The van der Waals surface area contributed by atoms with Gasteiger partial charge in [0.2, 0.25) is 0 Å². The van der Waals surface area contributed by atoms with Crippen molar-refractivity contribution in [2.45, 2.75) is 18.9 Å². The van der Waals surface area contributed by atoms with E-state index in [9.17, 15) is 9.90 Å². The molecule has 0 saturated carbocycles. The normalized spacial score (nSPS) is 11.0. The highest BCUT2D eigenvalue weighted by Gasteiger charge is 2.25. The quantitative estimate of drug-likeness (QED) is 0.516. The number of benzene rings is 2. The lowest BCUT2D eigenvalue weighted by Crippen LogP contribution is -2.04. The van der Waals surface area contributed by atoms with E-state index in [1.165, 1.54) is 11.8 Å². The van der Waals surface area contributed by atoms with Gasteiger partial charge in [-0.1, -0.05) is 17.8 Å². The van der Waals surface area contributed by atoms with Crippen LogP contribution in [0.25, 0.3) is 11.0 Å². The van der Waals surface area contributed by atoms with Gasteiger partial charge >= 0.3 is 0 Å². The number of carbonyl (C=O) groups is 1. The van der Waals surface area contributed by atoms with E-state index in [2.05, 4.69) is 0 Å². The molecule has 0 atom stereocenters. The third-order valence-electron chi connectivity index (χ3n) is 4.43. The van der Waals surface area contributed by atoms with E-state index in [0.717, 1.165) is 5.56 Å². The zero-order valence-electron chi connectivity index (χ0n) is 15.3. The minimum Gasteiger partial charge on any atom is -0.504 e. The van der Waals surface area contributed by atoms with Gasteiger partial charge in [-0.3, -0.25) is 4.79 Å². The molecule has 0 aliphatic heterocycles. The van der Waals surface area contributed by atoms with E-state index in [1.54, 1.807) is 45.4 Å². The van der Waals surface area contributed by atoms with E-state index >= 15 is 0 Å². The number of carbonyl (C=O) groups excluding carboxylic acids is 1. The van der Waals surface area contributed by atoms with Crippen molar-refractivity contribution < 1.29 is 23.8 Å². The lowest BCUT2D eigenvalue weighted by atomic mass is 9.99. The molecule has 0 amide bonds. The molecule has 0 bridgehead atoms. The van der Waals surface area contributed by atoms with Crippen molar-refractivity contribution in [2.75, 3.05) is 20.5 Å². The van der Waals surface area contributed by atoms with Crippen LogP contribution in [0.4, 0.5) is 0 Å². The van der Waals surface area contributed by atoms with Gasteiger partial charge in [0.15, 0.2) is 22.2 Å². The highest BCUT2D eigenvalue weighted by molar-refractivity contribution is 7.98. The number of rotatable bonds is 5. The summed E-state index contributed by atoms with van der Waals surface area (Å²) < 4.78 is 16.5. The molecule has 0 saturated heterocycles. The Morgan fingerprint density at radius 2 is 1.73 bits per heavy atom. The minimum atomic E-state index is -0.215. The Bertz CT molecular complexity index is 978. The Morgan fingerprint density at radius 1 is 1.12 bits per heavy atom. The van der Waals surface area contributed by atoms with Gasteiger partial charge in [-0.2, -0.15) is 0 Å². The first-order valence-electron chi connectivity index (χ1n) is 7.99. The van der Waals surface area contributed by atoms with Crippen LogP contribution >= 0.6 is 11.8 Å². The molecular weight excluding hydrogens is 352 g/mol. The highest BCUT2D eigenvalue weighted by Crippen LogP contribution is 2.40. The minimum absolute atomic E-state index is 0.0518. The summed E-state index contributed by atoms with van der Waals surface area (Å²) in [5.41, 5.74) is 2.69. The van der Waals surface area contributed by atoms with E-state index in [0.29, 0.717) is 44.3 Å². The number of ether oxygens (including phenoxy) is 2. The fourth-order valence-electron chi connectivity index (χ4n) is 2.94. The zero-order chi connectivity index (χ0) is 19.0. The Balaban J connectivity index is 2.24. The van der Waals surface area contributed by atoms with Gasteiger partial charge in [0, 0.05) is 16.5 Å². The van der Waals surface area contributed by atoms with Crippen LogP contribution in [0, 0.1) is 13.8 Å². The van der Waals surface area contributed by atoms with E-state index in [4.69, 9.17) is 13.9 Å². The summed E-state index contributed by atoms with van der Waals surface area (Å²) >= 11 is 1.32. The number of methoxy groups -OCH3 is 2.